The summed E-state index contributed by atoms with van der Waals surface area (Å²) in [6.45, 7) is 1.49. The lowest BCUT2D eigenvalue weighted by atomic mass is 9.79. The van der Waals surface area contributed by atoms with Gasteiger partial charge in [0.2, 0.25) is 5.91 Å². The van der Waals surface area contributed by atoms with Crippen LogP contribution in [0.3, 0.4) is 0 Å². The molecule has 3 nitrogen and oxygen atoms in total. The summed E-state index contributed by atoms with van der Waals surface area (Å²) in [4.78, 5) is 11.8. The first-order valence-corrected chi connectivity index (χ1v) is 8.13. The van der Waals surface area contributed by atoms with Crippen LogP contribution < -0.4 is 10.6 Å². The molecule has 0 heterocycles. The lowest BCUT2D eigenvalue weighted by Crippen LogP contribution is -2.39. The van der Waals surface area contributed by atoms with Gasteiger partial charge in [-0.3, -0.25) is 4.79 Å². The van der Waals surface area contributed by atoms with E-state index in [-0.39, 0.29) is 11.3 Å². The predicted octanol–water partition coefficient (Wildman–Crippen LogP) is 2.99. The summed E-state index contributed by atoms with van der Waals surface area (Å²) in [5.41, 5.74) is 1.49. The van der Waals surface area contributed by atoms with Gasteiger partial charge in [-0.15, -0.1) is 0 Å². The Labute approximate surface area is 129 Å². The fourth-order valence-electron chi connectivity index (χ4n) is 3.02. The van der Waals surface area contributed by atoms with E-state index < -0.39 is 0 Å². The van der Waals surface area contributed by atoms with Crippen molar-refractivity contribution in [1.29, 1.82) is 0 Å². The second-order valence-electron chi connectivity index (χ2n) is 5.62. The van der Waals surface area contributed by atoms with Gasteiger partial charge in [0.1, 0.15) is 0 Å². The van der Waals surface area contributed by atoms with Crippen molar-refractivity contribution in [3.05, 3.63) is 34.3 Å². The van der Waals surface area contributed by atoms with Gasteiger partial charge in [-0.1, -0.05) is 40.9 Å². The lowest BCUT2D eigenvalue weighted by molar-refractivity contribution is -0.121. The van der Waals surface area contributed by atoms with E-state index in [0.29, 0.717) is 6.42 Å². The Hall–Kier alpha value is -0.870. The maximum absolute atomic E-state index is 11.8. The van der Waals surface area contributed by atoms with Gasteiger partial charge in [-0.2, -0.15) is 0 Å². The van der Waals surface area contributed by atoms with E-state index in [9.17, 15) is 4.79 Å². The highest BCUT2D eigenvalue weighted by Crippen LogP contribution is 2.40. The first-order chi connectivity index (χ1) is 9.66. The Balaban J connectivity index is 2.02. The van der Waals surface area contributed by atoms with E-state index in [2.05, 4.69) is 50.8 Å². The molecule has 1 amide bonds. The molecule has 0 atom stereocenters. The monoisotopic (exact) mass is 338 g/mol. The molecule has 1 aliphatic rings. The van der Waals surface area contributed by atoms with Gasteiger partial charge in [-0.05, 0) is 37.6 Å². The SMILES string of the molecule is CNCCC(=O)NCC1(c2ccc(Br)cc2)CCCC1. The molecule has 2 N–H and O–H groups in total. The normalized spacial score (nSPS) is 17.1. The minimum atomic E-state index is 0.135. The third kappa shape index (κ3) is 3.83. The highest BCUT2D eigenvalue weighted by molar-refractivity contribution is 9.10. The van der Waals surface area contributed by atoms with Crippen LogP contribution in [-0.4, -0.2) is 26.0 Å². The maximum atomic E-state index is 11.8. The Morgan fingerprint density at radius 3 is 2.50 bits per heavy atom. The summed E-state index contributed by atoms with van der Waals surface area (Å²) in [7, 11) is 1.87. The number of hydrogen-bond donors (Lipinski definition) is 2. The number of rotatable bonds is 6. The van der Waals surface area contributed by atoms with Gasteiger partial charge in [0, 0.05) is 29.4 Å². The average Bonchev–Trinajstić information content (AvgIpc) is 2.93. The van der Waals surface area contributed by atoms with Crippen LogP contribution >= 0.6 is 15.9 Å². The highest BCUT2D eigenvalue weighted by Gasteiger charge is 2.35. The zero-order valence-electron chi connectivity index (χ0n) is 12.0. The molecule has 0 saturated heterocycles. The number of hydrogen-bond acceptors (Lipinski definition) is 2. The fourth-order valence-corrected chi connectivity index (χ4v) is 3.28. The van der Waals surface area contributed by atoms with Gasteiger partial charge in [0.25, 0.3) is 0 Å². The molecule has 0 bridgehead atoms. The van der Waals surface area contributed by atoms with Crippen molar-refractivity contribution >= 4 is 21.8 Å². The van der Waals surface area contributed by atoms with Crippen LogP contribution in [0.25, 0.3) is 0 Å². The summed E-state index contributed by atoms with van der Waals surface area (Å²) in [6, 6.07) is 8.57. The molecular formula is C16H23BrN2O. The van der Waals surface area contributed by atoms with Crippen LogP contribution in [0.2, 0.25) is 0 Å². The van der Waals surface area contributed by atoms with Crippen molar-refractivity contribution in [1.82, 2.24) is 10.6 Å². The van der Waals surface area contributed by atoms with E-state index in [1.807, 2.05) is 7.05 Å². The van der Waals surface area contributed by atoms with Crippen LogP contribution in [0.4, 0.5) is 0 Å². The van der Waals surface area contributed by atoms with Crippen LogP contribution in [0.1, 0.15) is 37.7 Å². The van der Waals surface area contributed by atoms with E-state index in [1.54, 1.807) is 0 Å². The molecule has 0 aromatic heterocycles. The first kappa shape index (κ1) is 15.5. The van der Waals surface area contributed by atoms with Crippen molar-refractivity contribution in [2.45, 2.75) is 37.5 Å². The third-order valence-electron chi connectivity index (χ3n) is 4.24. The third-order valence-corrected chi connectivity index (χ3v) is 4.77. The standard InChI is InChI=1S/C16H23BrN2O/c1-18-11-8-15(20)19-12-16(9-2-3-10-16)13-4-6-14(17)7-5-13/h4-7,18H,2-3,8-12H2,1H3,(H,19,20). The van der Waals surface area contributed by atoms with Crippen molar-refractivity contribution in [2.24, 2.45) is 0 Å². The van der Waals surface area contributed by atoms with Crippen LogP contribution in [0.15, 0.2) is 28.7 Å². The van der Waals surface area contributed by atoms with Crippen LogP contribution in [0, 0.1) is 0 Å². The molecule has 4 heteroatoms. The minimum absolute atomic E-state index is 0.135. The highest BCUT2D eigenvalue weighted by atomic mass is 79.9. The molecule has 1 aliphatic carbocycles. The Morgan fingerprint density at radius 2 is 1.90 bits per heavy atom. The van der Waals surface area contributed by atoms with Gasteiger partial charge in [0.15, 0.2) is 0 Å². The molecule has 0 spiro atoms. The van der Waals surface area contributed by atoms with Gasteiger partial charge >= 0.3 is 0 Å². The summed E-state index contributed by atoms with van der Waals surface area (Å²) in [5, 5.41) is 6.13. The maximum Gasteiger partial charge on any atom is 0.221 e. The molecule has 0 radical (unpaired) electrons. The smallest absolute Gasteiger partial charge is 0.221 e. The number of carbonyl (C=O) groups excluding carboxylic acids is 1. The zero-order chi connectivity index (χ0) is 14.4. The van der Waals surface area contributed by atoms with Crippen LogP contribution in [0.5, 0.6) is 0 Å². The number of amides is 1. The molecular weight excluding hydrogens is 316 g/mol. The minimum Gasteiger partial charge on any atom is -0.355 e. The number of nitrogens with one attached hydrogen (secondary N) is 2. The van der Waals surface area contributed by atoms with Crippen LogP contribution in [-0.2, 0) is 10.2 Å². The summed E-state index contributed by atoms with van der Waals surface area (Å²) >= 11 is 3.49. The molecule has 110 valence electrons. The average molecular weight is 339 g/mol. The zero-order valence-corrected chi connectivity index (χ0v) is 13.6. The van der Waals surface area contributed by atoms with E-state index in [1.165, 1.54) is 31.2 Å². The largest absolute Gasteiger partial charge is 0.355 e. The Bertz CT molecular complexity index is 438. The van der Waals surface area contributed by atoms with Crippen molar-refractivity contribution < 1.29 is 4.79 Å². The number of carbonyl (C=O) groups is 1. The van der Waals surface area contributed by atoms with Crippen molar-refractivity contribution in [3.8, 4) is 0 Å². The van der Waals surface area contributed by atoms with Crippen molar-refractivity contribution in [2.75, 3.05) is 20.1 Å². The second kappa shape index (κ2) is 7.23. The molecule has 1 aromatic carbocycles. The Kier molecular flexibility index (Phi) is 5.61. The summed E-state index contributed by atoms with van der Waals surface area (Å²) in [6.07, 6.45) is 5.39. The van der Waals surface area contributed by atoms with Crippen molar-refractivity contribution in [3.63, 3.8) is 0 Å². The lowest BCUT2D eigenvalue weighted by Gasteiger charge is -2.30. The topological polar surface area (TPSA) is 41.1 Å². The molecule has 0 aliphatic heterocycles. The van der Waals surface area contributed by atoms with E-state index in [4.69, 9.17) is 0 Å². The summed E-state index contributed by atoms with van der Waals surface area (Å²) in [5.74, 6) is 0.141. The van der Waals surface area contributed by atoms with Gasteiger partial charge in [-0.25, -0.2) is 0 Å². The molecule has 20 heavy (non-hydrogen) atoms. The van der Waals surface area contributed by atoms with Gasteiger partial charge < -0.3 is 10.6 Å². The second-order valence-corrected chi connectivity index (χ2v) is 6.54. The summed E-state index contributed by atoms with van der Waals surface area (Å²) < 4.78 is 1.10. The molecule has 1 saturated carbocycles. The van der Waals surface area contributed by atoms with Gasteiger partial charge in [0.05, 0.1) is 0 Å². The number of halogens is 1. The molecule has 1 fully saturated rings. The fraction of sp³-hybridized carbons (Fsp3) is 0.562. The van der Waals surface area contributed by atoms with E-state index in [0.717, 1.165) is 17.6 Å². The molecule has 2 rings (SSSR count). The van der Waals surface area contributed by atoms with E-state index >= 15 is 0 Å². The molecule has 1 aromatic rings. The predicted molar refractivity (Wildman–Crippen MR) is 85.8 cm³/mol. The first-order valence-electron chi connectivity index (χ1n) is 7.34. The Morgan fingerprint density at radius 1 is 1.25 bits per heavy atom. The number of benzene rings is 1. The molecule has 0 unspecified atom stereocenters. The quantitative estimate of drug-likeness (QED) is 0.837.